The van der Waals surface area contributed by atoms with Gasteiger partial charge in [0.1, 0.15) is 12.4 Å². The molecule has 13 heteroatoms. The molecule has 5 fully saturated rings. The standard InChI is InChI=1S/C56H106N8.C17H31NO4/c1-49(2)30-42(31-50(3,4)38-49)58-26-22-18-20-24-28-63(44-34-53(9,10)40-54(11,12)35-44)47-60-46(57-17)61-48(62-47)64(45-36-55(13,14)41-56(15,16)37-45)29-25-21-19-23-27-59-43-32-51(5,6)39-52(7,8)33-43;1-13(19)7-8-15(20)22-10-9-18-16(2,3)11-14(21-6)12-17(18,4)5/h42-45,58-59H,18-41H2,1-17H3,(H,57,60,61,62);14H,7-12H2,1-6H3. The van der Waals surface area contributed by atoms with Crippen LogP contribution in [-0.4, -0.2) is 126 Å². The van der Waals surface area contributed by atoms with E-state index in [9.17, 15) is 9.59 Å². The largest absolute Gasteiger partial charge is 0.464 e. The van der Waals surface area contributed by atoms with Gasteiger partial charge in [-0.05, 0) is 207 Å². The van der Waals surface area contributed by atoms with Crippen molar-refractivity contribution >= 4 is 29.6 Å². The molecule has 5 aliphatic rings. The fraction of sp³-hybridized carbons (Fsp3) is 0.932. The van der Waals surface area contributed by atoms with Crippen LogP contribution in [0.5, 0.6) is 0 Å². The maximum Gasteiger partial charge on any atom is 0.306 e. The van der Waals surface area contributed by atoms with Crippen LogP contribution in [0, 0.1) is 43.3 Å². The van der Waals surface area contributed by atoms with Crippen LogP contribution in [0.4, 0.5) is 17.8 Å². The quantitative estimate of drug-likeness (QED) is 0.0543. The van der Waals surface area contributed by atoms with E-state index in [1.165, 1.54) is 122 Å². The first-order valence-electron chi connectivity index (χ1n) is 34.9. The summed E-state index contributed by atoms with van der Waals surface area (Å²) in [6, 6.07) is 2.09. The number of unbranched alkanes of at least 4 members (excludes halogenated alkanes) is 6. The van der Waals surface area contributed by atoms with Crippen LogP contribution < -0.4 is 25.8 Å². The van der Waals surface area contributed by atoms with Crippen LogP contribution in [0.2, 0.25) is 0 Å². The third kappa shape index (κ3) is 24.5. The zero-order valence-electron chi connectivity index (χ0n) is 60.4. The normalized spacial score (nSPS) is 24.3. The maximum atomic E-state index is 11.6. The number of hydrogen-bond donors (Lipinski definition) is 3. The number of ketones is 1. The Morgan fingerprint density at radius 2 is 0.837 bits per heavy atom. The zero-order valence-corrected chi connectivity index (χ0v) is 60.4. The highest BCUT2D eigenvalue weighted by Crippen LogP contribution is 2.51. The summed E-state index contributed by atoms with van der Waals surface area (Å²) < 4.78 is 10.8. The lowest BCUT2D eigenvalue weighted by Crippen LogP contribution is -2.62. The molecule has 1 aromatic rings. The fourth-order valence-corrected chi connectivity index (χ4v) is 19.3. The summed E-state index contributed by atoms with van der Waals surface area (Å²) in [7, 11) is 3.76. The maximum absolute atomic E-state index is 11.6. The van der Waals surface area contributed by atoms with Crippen LogP contribution in [0.25, 0.3) is 0 Å². The summed E-state index contributed by atoms with van der Waals surface area (Å²) in [5, 5.41) is 11.4. The number of hydrogen-bond acceptors (Lipinski definition) is 13. The van der Waals surface area contributed by atoms with Crippen molar-refractivity contribution in [1.82, 2.24) is 30.5 Å². The number of likely N-dealkylation sites (tertiary alicyclic amines) is 1. The number of nitrogens with one attached hydrogen (secondary N) is 3. The predicted octanol–water partition coefficient (Wildman–Crippen LogP) is 16.8. The SMILES string of the molecule is CNc1nc(N(CCCCCCNC2CC(C)(C)CC(C)(C)C2)C2CC(C)(C)CC(C)(C)C2)nc(N(CCCCCCNC2CC(C)(C)CC(C)(C)C2)C2CC(C)(C)CC(C)(C)C2)n1.COC1CC(C)(C)N(CCOC(=O)CCC(C)=O)C(C)(C)C1. The molecule has 2 heterocycles. The molecule has 86 heavy (non-hydrogen) atoms. The molecule has 498 valence electrons. The van der Waals surface area contributed by atoms with Crippen molar-refractivity contribution in [2.45, 2.75) is 341 Å². The Morgan fingerprint density at radius 1 is 0.488 bits per heavy atom. The van der Waals surface area contributed by atoms with E-state index in [1.54, 1.807) is 7.11 Å². The molecule has 0 spiro atoms. The number of esters is 1. The van der Waals surface area contributed by atoms with E-state index in [2.05, 4.69) is 169 Å². The molecule has 6 rings (SSSR count). The van der Waals surface area contributed by atoms with Gasteiger partial charge in [-0.3, -0.25) is 9.69 Å². The van der Waals surface area contributed by atoms with Crippen molar-refractivity contribution in [3.05, 3.63) is 0 Å². The Kier molecular flexibility index (Phi) is 26.0. The van der Waals surface area contributed by atoms with Gasteiger partial charge in [-0.1, -0.05) is 136 Å². The second-order valence-electron chi connectivity index (χ2n) is 36.5. The van der Waals surface area contributed by atoms with Crippen LogP contribution in [-0.2, 0) is 19.1 Å². The summed E-state index contributed by atoms with van der Waals surface area (Å²) >= 11 is 0. The van der Waals surface area contributed by atoms with Crippen molar-refractivity contribution in [1.29, 1.82) is 0 Å². The highest BCUT2D eigenvalue weighted by atomic mass is 16.5. The number of rotatable bonds is 28. The van der Waals surface area contributed by atoms with Crippen molar-refractivity contribution in [3.8, 4) is 0 Å². The van der Waals surface area contributed by atoms with E-state index in [4.69, 9.17) is 24.4 Å². The number of aromatic nitrogens is 3. The summed E-state index contributed by atoms with van der Waals surface area (Å²) in [5.74, 6) is 2.20. The summed E-state index contributed by atoms with van der Waals surface area (Å²) in [6.07, 6.45) is 27.5. The molecule has 1 aromatic heterocycles. The zero-order chi connectivity index (χ0) is 64.4. The van der Waals surface area contributed by atoms with E-state index in [1.807, 2.05) is 7.05 Å². The first kappa shape index (κ1) is 74.1. The molecule has 0 unspecified atom stereocenters. The molecule has 0 atom stereocenters. The monoisotopic (exact) mass is 1200 g/mol. The Hall–Kier alpha value is -2.61. The molecule has 1 saturated heterocycles. The van der Waals surface area contributed by atoms with Crippen LogP contribution in [0.3, 0.4) is 0 Å². The smallest absolute Gasteiger partial charge is 0.306 e. The average Bonchev–Trinajstić information content (AvgIpc) is 0.921. The molecular formula is C73H137N9O4. The number of piperidine rings is 1. The Labute approximate surface area is 529 Å². The number of Topliss-reactive ketones (excluding diaryl/α,β-unsaturated/α-hetero) is 1. The van der Waals surface area contributed by atoms with Gasteiger partial charge < -0.3 is 40.0 Å². The predicted molar refractivity (Wildman–Crippen MR) is 364 cm³/mol. The van der Waals surface area contributed by atoms with Gasteiger partial charge in [-0.25, -0.2) is 0 Å². The number of methoxy groups -OCH3 is 1. The van der Waals surface area contributed by atoms with Crippen molar-refractivity contribution in [2.75, 3.05) is 68.6 Å². The van der Waals surface area contributed by atoms with Gasteiger partial charge in [0.05, 0.1) is 12.5 Å². The fourth-order valence-electron chi connectivity index (χ4n) is 19.3. The van der Waals surface area contributed by atoms with Gasteiger partial charge in [0.15, 0.2) is 0 Å². The van der Waals surface area contributed by atoms with Gasteiger partial charge in [-0.15, -0.1) is 0 Å². The second-order valence-corrected chi connectivity index (χ2v) is 36.5. The first-order valence-corrected chi connectivity index (χ1v) is 34.9. The molecule has 1 aliphatic heterocycles. The lowest BCUT2D eigenvalue weighted by molar-refractivity contribution is -0.148. The average molecular weight is 1200 g/mol. The van der Waals surface area contributed by atoms with E-state index in [0.717, 1.165) is 63.8 Å². The van der Waals surface area contributed by atoms with Crippen LogP contribution >= 0.6 is 0 Å². The number of carbonyl (C=O) groups is 2. The molecular weight excluding hydrogens is 1070 g/mol. The van der Waals surface area contributed by atoms with E-state index in [-0.39, 0.29) is 63.4 Å². The lowest BCUT2D eigenvalue weighted by atomic mass is 9.63. The third-order valence-corrected chi connectivity index (χ3v) is 20.4. The van der Waals surface area contributed by atoms with Gasteiger partial charge in [0.2, 0.25) is 17.8 Å². The number of anilines is 3. The topological polar surface area (TPSA) is 137 Å². The Bertz CT molecular complexity index is 2070. The van der Waals surface area contributed by atoms with Gasteiger partial charge in [0, 0.05) is 75.5 Å². The highest BCUT2D eigenvalue weighted by molar-refractivity contribution is 5.80. The number of carbonyl (C=O) groups excluding carboxylic acids is 2. The molecule has 4 aliphatic carbocycles. The minimum absolute atomic E-state index is 0.00574. The van der Waals surface area contributed by atoms with Crippen molar-refractivity contribution < 1.29 is 19.1 Å². The van der Waals surface area contributed by atoms with Crippen LogP contribution in [0.1, 0.15) is 299 Å². The van der Waals surface area contributed by atoms with Gasteiger partial charge in [-0.2, -0.15) is 15.0 Å². The van der Waals surface area contributed by atoms with E-state index < -0.39 is 0 Å². The van der Waals surface area contributed by atoms with Gasteiger partial charge in [0.25, 0.3) is 0 Å². The van der Waals surface area contributed by atoms with E-state index in [0.29, 0.717) is 64.9 Å². The Balaban J connectivity index is 0.000000515. The first-order chi connectivity index (χ1) is 39.5. The number of ether oxygens (including phenoxy) is 2. The third-order valence-electron chi connectivity index (χ3n) is 20.4. The van der Waals surface area contributed by atoms with Crippen molar-refractivity contribution in [2.24, 2.45) is 43.3 Å². The van der Waals surface area contributed by atoms with Crippen molar-refractivity contribution in [3.63, 3.8) is 0 Å². The Morgan fingerprint density at radius 3 is 1.17 bits per heavy atom. The molecule has 0 radical (unpaired) electrons. The van der Waals surface area contributed by atoms with Crippen LogP contribution in [0.15, 0.2) is 0 Å². The molecule has 0 amide bonds. The minimum Gasteiger partial charge on any atom is -0.464 e. The molecule has 0 bridgehead atoms. The molecule has 13 nitrogen and oxygen atoms in total. The number of nitrogens with zero attached hydrogens (tertiary/aromatic N) is 6. The minimum atomic E-state index is -0.294. The van der Waals surface area contributed by atoms with E-state index >= 15 is 0 Å². The molecule has 4 saturated carbocycles. The summed E-state index contributed by atoms with van der Waals surface area (Å²) in [5.41, 5.74) is 2.77. The lowest BCUT2D eigenvalue weighted by Gasteiger charge is -2.55. The highest BCUT2D eigenvalue weighted by Gasteiger charge is 2.47. The summed E-state index contributed by atoms with van der Waals surface area (Å²) in [6.45, 7) is 55.2. The second kappa shape index (κ2) is 30.2. The summed E-state index contributed by atoms with van der Waals surface area (Å²) in [4.78, 5) is 46.3. The molecule has 0 aromatic carbocycles. The molecule has 3 N–H and O–H groups in total. The van der Waals surface area contributed by atoms with Gasteiger partial charge >= 0.3 is 5.97 Å².